The van der Waals surface area contributed by atoms with E-state index in [1.807, 2.05) is 6.92 Å². The maximum Gasteiger partial charge on any atom is 0.307 e. The van der Waals surface area contributed by atoms with E-state index in [4.69, 9.17) is 9.47 Å². The molecule has 1 atom stereocenters. The van der Waals surface area contributed by atoms with Crippen LogP contribution in [0.5, 0.6) is 5.75 Å². The van der Waals surface area contributed by atoms with E-state index in [-0.39, 0.29) is 29.2 Å². The molecule has 0 saturated carbocycles. The molecule has 9 nitrogen and oxygen atoms in total. The molecule has 1 heterocycles. The number of aromatic amines is 1. The lowest BCUT2D eigenvalue weighted by atomic mass is 10.2. The fourth-order valence-corrected chi connectivity index (χ4v) is 3.89. The summed E-state index contributed by atoms with van der Waals surface area (Å²) in [4.78, 5) is 31.2. The number of para-hydroxylation sites is 1. The largest absolute Gasteiger partial charge is 0.494 e. The van der Waals surface area contributed by atoms with Crippen LogP contribution in [0.4, 0.5) is 0 Å². The van der Waals surface area contributed by atoms with E-state index in [1.165, 1.54) is 12.1 Å². The molecule has 0 fully saturated rings. The van der Waals surface area contributed by atoms with Crippen LogP contribution in [0.15, 0.2) is 58.2 Å². The number of nitrogens with zero attached hydrogens (tertiary/aromatic N) is 1. The maximum atomic E-state index is 12.3. The number of sulfonamides is 1. The van der Waals surface area contributed by atoms with Crippen molar-refractivity contribution in [2.24, 2.45) is 0 Å². The van der Waals surface area contributed by atoms with Crippen molar-refractivity contribution >= 4 is 26.9 Å². The molecular weight excluding hydrogens is 422 g/mol. The summed E-state index contributed by atoms with van der Waals surface area (Å²) in [5, 5.41) is 0.438. The normalized spacial score (nSPS) is 12.5. The fourth-order valence-electron chi connectivity index (χ4n) is 2.86. The zero-order valence-electron chi connectivity index (χ0n) is 17.1. The van der Waals surface area contributed by atoms with Gasteiger partial charge in [-0.15, -0.1) is 0 Å². The molecule has 0 aliphatic heterocycles. The summed E-state index contributed by atoms with van der Waals surface area (Å²) in [5.74, 6) is 0.157. The second kappa shape index (κ2) is 9.71. The van der Waals surface area contributed by atoms with Crippen LogP contribution in [-0.4, -0.2) is 37.5 Å². The monoisotopic (exact) mass is 445 g/mol. The molecule has 2 aromatic carbocycles. The highest BCUT2D eigenvalue weighted by molar-refractivity contribution is 7.89. The Morgan fingerprint density at radius 2 is 1.87 bits per heavy atom. The van der Waals surface area contributed by atoms with Gasteiger partial charge in [-0.05, 0) is 50.2 Å². The average Bonchev–Trinajstić information content (AvgIpc) is 2.74. The Balaban J connectivity index is 1.55. The molecule has 31 heavy (non-hydrogen) atoms. The number of aromatic nitrogens is 2. The van der Waals surface area contributed by atoms with E-state index in [2.05, 4.69) is 14.7 Å². The zero-order valence-corrected chi connectivity index (χ0v) is 17.9. The van der Waals surface area contributed by atoms with Crippen molar-refractivity contribution < 1.29 is 22.7 Å². The van der Waals surface area contributed by atoms with Crippen LogP contribution >= 0.6 is 0 Å². The van der Waals surface area contributed by atoms with Crippen molar-refractivity contribution in [3.05, 3.63) is 64.7 Å². The van der Waals surface area contributed by atoms with Crippen LogP contribution in [0.1, 0.15) is 32.2 Å². The molecule has 3 rings (SSSR count). The topological polar surface area (TPSA) is 127 Å². The standard InChI is InChI=1S/C21H23N3O6S/c1-3-29-15-8-10-16(11-9-15)31(27,28)22-13-12-19(25)30-14(2)20-23-18-7-5-4-6-17(18)21(26)24-20/h4-11,14,22H,3,12-13H2,1-2H3,(H,23,24,26). The van der Waals surface area contributed by atoms with Gasteiger partial charge in [0, 0.05) is 6.54 Å². The van der Waals surface area contributed by atoms with Crippen LogP contribution in [0, 0.1) is 0 Å². The van der Waals surface area contributed by atoms with E-state index in [9.17, 15) is 18.0 Å². The van der Waals surface area contributed by atoms with Crippen molar-refractivity contribution in [1.82, 2.24) is 14.7 Å². The Hall–Kier alpha value is -3.24. The maximum absolute atomic E-state index is 12.3. The number of hydrogen-bond acceptors (Lipinski definition) is 7. The zero-order chi connectivity index (χ0) is 22.4. The minimum atomic E-state index is -3.77. The Morgan fingerprint density at radius 1 is 1.16 bits per heavy atom. The quantitative estimate of drug-likeness (QED) is 0.484. The van der Waals surface area contributed by atoms with Gasteiger partial charge in [-0.3, -0.25) is 9.59 Å². The number of hydrogen-bond donors (Lipinski definition) is 2. The summed E-state index contributed by atoms with van der Waals surface area (Å²) < 4.78 is 37.6. The van der Waals surface area contributed by atoms with Gasteiger partial charge in [0.15, 0.2) is 11.9 Å². The first-order valence-electron chi connectivity index (χ1n) is 9.71. The lowest BCUT2D eigenvalue weighted by Crippen LogP contribution is -2.27. The number of nitrogens with one attached hydrogen (secondary N) is 2. The molecule has 0 spiro atoms. The summed E-state index contributed by atoms with van der Waals surface area (Å²) in [6.07, 6.45) is -0.981. The molecule has 0 bridgehead atoms. The number of carbonyl (C=O) groups is 1. The van der Waals surface area contributed by atoms with E-state index < -0.39 is 22.1 Å². The SMILES string of the molecule is CCOc1ccc(S(=O)(=O)NCCC(=O)OC(C)c2nc3ccccc3c(=O)[nH]2)cc1. The smallest absolute Gasteiger partial charge is 0.307 e. The predicted octanol–water partition coefficient (Wildman–Crippen LogP) is 2.29. The highest BCUT2D eigenvalue weighted by Crippen LogP contribution is 2.17. The molecule has 0 radical (unpaired) electrons. The summed E-state index contributed by atoms with van der Waals surface area (Å²) in [6, 6.07) is 12.8. The second-order valence-corrected chi connectivity index (χ2v) is 8.42. The van der Waals surface area contributed by atoms with Crippen LogP contribution < -0.4 is 15.0 Å². The van der Waals surface area contributed by atoms with Crippen LogP contribution in [-0.2, 0) is 19.6 Å². The predicted molar refractivity (Wildman–Crippen MR) is 114 cm³/mol. The van der Waals surface area contributed by atoms with E-state index in [0.29, 0.717) is 23.3 Å². The number of esters is 1. The van der Waals surface area contributed by atoms with Crippen LogP contribution in [0.2, 0.25) is 0 Å². The summed E-state index contributed by atoms with van der Waals surface area (Å²) in [5.41, 5.74) is 0.166. The summed E-state index contributed by atoms with van der Waals surface area (Å²) in [7, 11) is -3.77. The molecule has 3 aromatic rings. The van der Waals surface area contributed by atoms with Gasteiger partial charge in [0.1, 0.15) is 5.75 Å². The van der Waals surface area contributed by atoms with Gasteiger partial charge < -0.3 is 14.5 Å². The Kier molecular flexibility index (Phi) is 7.03. The highest BCUT2D eigenvalue weighted by Gasteiger charge is 2.18. The molecule has 2 N–H and O–H groups in total. The molecule has 1 aromatic heterocycles. The minimum absolute atomic E-state index is 0.0654. The van der Waals surface area contributed by atoms with Gasteiger partial charge in [0.2, 0.25) is 10.0 Å². The van der Waals surface area contributed by atoms with Gasteiger partial charge >= 0.3 is 5.97 Å². The molecule has 0 amide bonds. The number of carbonyl (C=O) groups excluding carboxylic acids is 1. The number of benzene rings is 2. The van der Waals surface area contributed by atoms with Gasteiger partial charge in [-0.2, -0.15) is 0 Å². The van der Waals surface area contributed by atoms with Crippen molar-refractivity contribution in [1.29, 1.82) is 0 Å². The van der Waals surface area contributed by atoms with Crippen molar-refractivity contribution in [3.63, 3.8) is 0 Å². The number of rotatable bonds is 9. The van der Waals surface area contributed by atoms with Gasteiger partial charge in [0.25, 0.3) is 5.56 Å². The molecular formula is C21H23N3O6S. The van der Waals surface area contributed by atoms with Crippen LogP contribution in [0.3, 0.4) is 0 Å². The first kappa shape index (κ1) is 22.4. The third-order valence-electron chi connectivity index (χ3n) is 4.39. The summed E-state index contributed by atoms with van der Waals surface area (Å²) >= 11 is 0. The first-order valence-corrected chi connectivity index (χ1v) is 11.2. The highest BCUT2D eigenvalue weighted by atomic mass is 32.2. The Labute approximate surface area is 179 Å². The van der Waals surface area contributed by atoms with Crippen molar-refractivity contribution in [2.45, 2.75) is 31.3 Å². The molecule has 0 aliphatic carbocycles. The lowest BCUT2D eigenvalue weighted by Gasteiger charge is -2.13. The molecule has 0 aliphatic rings. The minimum Gasteiger partial charge on any atom is -0.494 e. The fraction of sp³-hybridized carbons (Fsp3) is 0.286. The number of ether oxygens (including phenoxy) is 2. The Bertz CT molecular complexity index is 1220. The third kappa shape index (κ3) is 5.68. The van der Waals surface area contributed by atoms with Crippen molar-refractivity contribution in [3.8, 4) is 5.75 Å². The van der Waals surface area contributed by atoms with Crippen LogP contribution in [0.25, 0.3) is 10.9 Å². The first-order chi connectivity index (χ1) is 14.8. The lowest BCUT2D eigenvalue weighted by molar-refractivity contribution is -0.148. The third-order valence-corrected chi connectivity index (χ3v) is 5.87. The molecule has 0 saturated heterocycles. The van der Waals surface area contributed by atoms with Gasteiger partial charge in [-0.25, -0.2) is 18.1 Å². The average molecular weight is 445 g/mol. The molecule has 1 unspecified atom stereocenters. The number of fused-ring (bicyclic) bond motifs is 1. The van der Waals surface area contributed by atoms with E-state index >= 15 is 0 Å². The number of H-pyrrole nitrogens is 1. The van der Waals surface area contributed by atoms with Crippen molar-refractivity contribution in [2.75, 3.05) is 13.2 Å². The van der Waals surface area contributed by atoms with Gasteiger partial charge in [-0.1, -0.05) is 12.1 Å². The van der Waals surface area contributed by atoms with Gasteiger partial charge in [0.05, 0.1) is 28.8 Å². The second-order valence-electron chi connectivity index (χ2n) is 6.65. The Morgan fingerprint density at radius 3 is 2.58 bits per heavy atom. The van der Waals surface area contributed by atoms with E-state index in [1.54, 1.807) is 43.3 Å². The van der Waals surface area contributed by atoms with E-state index in [0.717, 1.165) is 0 Å². The summed E-state index contributed by atoms with van der Waals surface area (Å²) in [6.45, 7) is 3.76. The molecule has 164 valence electrons. The molecule has 10 heteroatoms.